The Balaban J connectivity index is 1.59. The largest absolute Gasteiger partial charge is 0.379 e. The summed E-state index contributed by atoms with van der Waals surface area (Å²) in [5, 5.41) is 0. The lowest BCUT2D eigenvalue weighted by atomic mass is 10.2. The van der Waals surface area contributed by atoms with Crippen LogP contribution in [-0.4, -0.2) is 47.3 Å². The first-order valence-electron chi connectivity index (χ1n) is 7.36. The summed E-state index contributed by atoms with van der Waals surface area (Å²) < 4.78 is 8.74. The van der Waals surface area contributed by atoms with Gasteiger partial charge in [0.1, 0.15) is 5.82 Å². The maximum Gasteiger partial charge on any atom is 0.110 e. The topological polar surface area (TPSA) is 30.3 Å². The third kappa shape index (κ3) is 4.15. The average Bonchev–Trinajstić information content (AvgIpc) is 2.96. The molecule has 0 N–H and O–H groups in total. The molecule has 0 aliphatic carbocycles. The van der Waals surface area contributed by atoms with Crippen LogP contribution in [0, 0.1) is 0 Å². The molecule has 0 unspecified atom stereocenters. The second-order valence-corrected chi connectivity index (χ2v) is 6.22. The van der Waals surface area contributed by atoms with E-state index < -0.39 is 0 Å². The molecule has 1 fully saturated rings. The van der Waals surface area contributed by atoms with E-state index in [9.17, 15) is 0 Å². The van der Waals surface area contributed by atoms with Gasteiger partial charge in [0.25, 0.3) is 0 Å². The Bertz CT molecular complexity index is 561. The van der Waals surface area contributed by atoms with Gasteiger partial charge >= 0.3 is 0 Å². The van der Waals surface area contributed by atoms with Gasteiger partial charge in [0, 0.05) is 49.5 Å². The minimum atomic E-state index is 0.854. The second kappa shape index (κ2) is 7.20. The quantitative estimate of drug-likeness (QED) is 0.830. The van der Waals surface area contributed by atoms with Crippen molar-refractivity contribution >= 4 is 15.9 Å². The summed E-state index contributed by atoms with van der Waals surface area (Å²) >= 11 is 3.47. The minimum absolute atomic E-state index is 0.854. The molecule has 1 aromatic heterocycles. The van der Waals surface area contributed by atoms with Crippen molar-refractivity contribution in [2.45, 2.75) is 13.0 Å². The predicted octanol–water partition coefficient (Wildman–Crippen LogP) is 2.57. The van der Waals surface area contributed by atoms with Gasteiger partial charge < -0.3 is 9.30 Å². The summed E-state index contributed by atoms with van der Waals surface area (Å²) in [5.41, 5.74) is 1.30. The highest BCUT2D eigenvalue weighted by molar-refractivity contribution is 9.10. The van der Waals surface area contributed by atoms with Crippen molar-refractivity contribution < 1.29 is 4.74 Å². The lowest BCUT2D eigenvalue weighted by Crippen LogP contribution is -2.37. The van der Waals surface area contributed by atoms with Crippen LogP contribution in [0.25, 0.3) is 0 Å². The molecule has 3 rings (SSSR count). The Morgan fingerprint density at radius 2 is 1.90 bits per heavy atom. The number of nitrogens with zero attached hydrogens (tertiary/aromatic N) is 3. The third-order valence-corrected chi connectivity index (χ3v) is 4.35. The van der Waals surface area contributed by atoms with E-state index in [1.54, 1.807) is 0 Å². The van der Waals surface area contributed by atoms with E-state index in [0.29, 0.717) is 0 Å². The van der Waals surface area contributed by atoms with Crippen LogP contribution >= 0.6 is 15.9 Å². The molecule has 5 heteroatoms. The van der Waals surface area contributed by atoms with Gasteiger partial charge in [-0.1, -0.05) is 28.1 Å². The van der Waals surface area contributed by atoms with Crippen molar-refractivity contribution in [2.24, 2.45) is 0 Å². The molecular weight excluding hydrogens is 330 g/mol. The SMILES string of the molecule is Brc1ccc(Cn2ccnc2CCN2CCOCC2)cc1. The molecule has 0 spiro atoms. The first kappa shape index (κ1) is 14.8. The maximum absolute atomic E-state index is 5.38. The van der Waals surface area contributed by atoms with E-state index in [0.717, 1.165) is 56.1 Å². The molecule has 4 nitrogen and oxygen atoms in total. The van der Waals surface area contributed by atoms with E-state index in [2.05, 4.69) is 60.8 Å². The second-order valence-electron chi connectivity index (χ2n) is 5.30. The summed E-state index contributed by atoms with van der Waals surface area (Å²) in [5.74, 6) is 1.16. The van der Waals surface area contributed by atoms with Gasteiger partial charge in [-0.2, -0.15) is 0 Å². The molecule has 2 heterocycles. The highest BCUT2D eigenvalue weighted by Gasteiger charge is 2.11. The van der Waals surface area contributed by atoms with E-state index >= 15 is 0 Å². The van der Waals surface area contributed by atoms with Gasteiger partial charge in [-0.05, 0) is 17.7 Å². The average molecular weight is 350 g/mol. The fraction of sp³-hybridized carbons (Fsp3) is 0.438. The van der Waals surface area contributed by atoms with Crippen molar-refractivity contribution in [3.63, 3.8) is 0 Å². The zero-order chi connectivity index (χ0) is 14.5. The Labute approximate surface area is 133 Å². The van der Waals surface area contributed by atoms with Gasteiger partial charge in [0.05, 0.1) is 13.2 Å². The van der Waals surface area contributed by atoms with E-state index in [4.69, 9.17) is 4.74 Å². The molecule has 1 aliphatic rings. The molecule has 0 atom stereocenters. The number of morpholine rings is 1. The Morgan fingerprint density at radius 3 is 2.67 bits per heavy atom. The highest BCUT2D eigenvalue weighted by atomic mass is 79.9. The Kier molecular flexibility index (Phi) is 5.06. The number of benzene rings is 1. The molecule has 1 aliphatic heterocycles. The van der Waals surface area contributed by atoms with Gasteiger partial charge in [0.15, 0.2) is 0 Å². The maximum atomic E-state index is 5.38. The zero-order valence-electron chi connectivity index (χ0n) is 12.0. The first-order chi connectivity index (χ1) is 10.3. The Morgan fingerprint density at radius 1 is 1.14 bits per heavy atom. The van der Waals surface area contributed by atoms with Crippen molar-refractivity contribution in [2.75, 3.05) is 32.8 Å². The van der Waals surface area contributed by atoms with Crippen molar-refractivity contribution in [1.82, 2.24) is 14.5 Å². The van der Waals surface area contributed by atoms with Gasteiger partial charge in [-0.15, -0.1) is 0 Å². The van der Waals surface area contributed by atoms with Gasteiger partial charge in [-0.25, -0.2) is 4.98 Å². The van der Waals surface area contributed by atoms with Crippen LogP contribution < -0.4 is 0 Å². The zero-order valence-corrected chi connectivity index (χ0v) is 13.6. The van der Waals surface area contributed by atoms with Gasteiger partial charge in [-0.3, -0.25) is 4.90 Å². The number of aromatic nitrogens is 2. The van der Waals surface area contributed by atoms with E-state index in [-0.39, 0.29) is 0 Å². The number of imidazole rings is 1. The van der Waals surface area contributed by atoms with Crippen LogP contribution in [0.1, 0.15) is 11.4 Å². The highest BCUT2D eigenvalue weighted by Crippen LogP contribution is 2.12. The van der Waals surface area contributed by atoms with Gasteiger partial charge in [0.2, 0.25) is 0 Å². The molecule has 2 aromatic rings. The van der Waals surface area contributed by atoms with Crippen molar-refractivity contribution in [3.8, 4) is 0 Å². The van der Waals surface area contributed by atoms with Crippen LogP contribution in [0.5, 0.6) is 0 Å². The predicted molar refractivity (Wildman–Crippen MR) is 86.4 cm³/mol. The van der Waals surface area contributed by atoms with Crippen LogP contribution in [0.4, 0.5) is 0 Å². The van der Waals surface area contributed by atoms with Crippen LogP contribution in [-0.2, 0) is 17.7 Å². The summed E-state index contributed by atoms with van der Waals surface area (Å²) in [6.07, 6.45) is 4.95. The fourth-order valence-electron chi connectivity index (χ4n) is 2.58. The third-order valence-electron chi connectivity index (χ3n) is 3.82. The number of hydrogen-bond acceptors (Lipinski definition) is 3. The van der Waals surface area contributed by atoms with Crippen LogP contribution in [0.3, 0.4) is 0 Å². The monoisotopic (exact) mass is 349 g/mol. The molecule has 21 heavy (non-hydrogen) atoms. The molecule has 1 saturated heterocycles. The fourth-order valence-corrected chi connectivity index (χ4v) is 2.85. The van der Waals surface area contributed by atoms with E-state index in [1.807, 2.05) is 6.20 Å². The number of rotatable bonds is 5. The summed E-state index contributed by atoms with van der Waals surface area (Å²) in [6, 6.07) is 8.46. The standard InChI is InChI=1S/C16H20BrN3O/c17-15-3-1-14(2-4-15)13-20-8-6-18-16(20)5-7-19-9-11-21-12-10-19/h1-4,6,8H,5,7,9-13H2. The van der Waals surface area contributed by atoms with Crippen LogP contribution in [0.2, 0.25) is 0 Å². The minimum Gasteiger partial charge on any atom is -0.379 e. The number of hydrogen-bond donors (Lipinski definition) is 0. The normalized spacial score (nSPS) is 16.2. The molecular formula is C16H20BrN3O. The molecule has 0 amide bonds. The smallest absolute Gasteiger partial charge is 0.110 e. The number of ether oxygens (including phenoxy) is 1. The summed E-state index contributed by atoms with van der Waals surface area (Å²) in [6.45, 7) is 5.72. The summed E-state index contributed by atoms with van der Waals surface area (Å²) in [4.78, 5) is 6.96. The lowest BCUT2D eigenvalue weighted by molar-refractivity contribution is 0.0381. The Hall–Kier alpha value is -1.17. The lowest BCUT2D eigenvalue weighted by Gasteiger charge is -2.26. The van der Waals surface area contributed by atoms with Crippen LogP contribution in [0.15, 0.2) is 41.1 Å². The first-order valence-corrected chi connectivity index (χ1v) is 8.15. The summed E-state index contributed by atoms with van der Waals surface area (Å²) in [7, 11) is 0. The molecule has 0 saturated carbocycles. The molecule has 0 radical (unpaired) electrons. The molecule has 112 valence electrons. The number of halogens is 1. The van der Waals surface area contributed by atoms with Crippen molar-refractivity contribution in [3.05, 3.63) is 52.5 Å². The molecule has 0 bridgehead atoms. The molecule has 1 aromatic carbocycles. The van der Waals surface area contributed by atoms with Crippen molar-refractivity contribution in [1.29, 1.82) is 0 Å². The van der Waals surface area contributed by atoms with E-state index in [1.165, 1.54) is 5.56 Å².